The normalized spacial score (nSPS) is 18.1. The summed E-state index contributed by atoms with van der Waals surface area (Å²) in [7, 11) is 0. The van der Waals surface area contributed by atoms with Gasteiger partial charge in [-0.05, 0) is 41.5 Å². The summed E-state index contributed by atoms with van der Waals surface area (Å²) >= 11 is 18.8. The van der Waals surface area contributed by atoms with E-state index in [4.69, 9.17) is 34.8 Å². The first-order valence-corrected chi connectivity index (χ1v) is 11.5. The van der Waals surface area contributed by atoms with Gasteiger partial charge in [-0.15, -0.1) is 23.2 Å². The molecule has 180 valence electrons. The van der Waals surface area contributed by atoms with E-state index in [-0.39, 0.29) is 28.3 Å². The van der Waals surface area contributed by atoms with E-state index in [0.29, 0.717) is 17.2 Å². The number of alkyl halides is 2. The summed E-state index contributed by atoms with van der Waals surface area (Å²) in [4.78, 5) is 25.7. The van der Waals surface area contributed by atoms with Gasteiger partial charge in [0, 0.05) is 35.2 Å². The molecular weight excluding hydrogens is 522 g/mol. The Labute approximate surface area is 214 Å². The van der Waals surface area contributed by atoms with Gasteiger partial charge in [0.2, 0.25) is 5.91 Å². The predicted octanol–water partition coefficient (Wildman–Crippen LogP) is 7.35. The highest BCUT2D eigenvalue weighted by Crippen LogP contribution is 2.65. The molecule has 3 nitrogen and oxygen atoms in total. The zero-order chi connectivity index (χ0) is 25.5. The minimum absolute atomic E-state index is 0.00602. The maximum Gasteiger partial charge on any atom is 0.231 e. The van der Waals surface area contributed by atoms with E-state index in [0.717, 1.165) is 6.07 Å². The largest absolute Gasteiger partial charge is 0.326 e. The fourth-order valence-electron chi connectivity index (χ4n) is 3.94. The van der Waals surface area contributed by atoms with Gasteiger partial charge in [-0.2, -0.15) is 0 Å². The van der Waals surface area contributed by atoms with E-state index in [1.807, 2.05) is 0 Å². The van der Waals surface area contributed by atoms with Crippen LogP contribution in [0.3, 0.4) is 0 Å². The van der Waals surface area contributed by atoms with Crippen LogP contribution in [0.15, 0.2) is 61.2 Å². The van der Waals surface area contributed by atoms with E-state index < -0.39 is 45.3 Å². The summed E-state index contributed by atoms with van der Waals surface area (Å²) in [5.41, 5.74) is 1.07. The van der Waals surface area contributed by atoms with E-state index in [2.05, 4.69) is 11.9 Å². The third-order valence-corrected chi connectivity index (χ3v) is 7.11. The number of carbonyl (C=O) groups excluding carboxylic acids is 2. The van der Waals surface area contributed by atoms with Crippen molar-refractivity contribution in [3.05, 3.63) is 106 Å². The average molecular weight is 539 g/mol. The number of anilines is 1. The molecule has 1 aliphatic carbocycles. The van der Waals surface area contributed by atoms with Gasteiger partial charge in [0.05, 0.1) is 10.9 Å². The number of nitrogens with one attached hydrogen (secondary N) is 1. The van der Waals surface area contributed by atoms with Crippen molar-refractivity contribution in [1.29, 1.82) is 0 Å². The fraction of sp³-hybridized carbons (Fsp3) is 0.154. The van der Waals surface area contributed by atoms with Crippen molar-refractivity contribution >= 4 is 58.3 Å². The second-order valence-corrected chi connectivity index (χ2v) is 9.99. The third kappa shape index (κ3) is 5.10. The standard InChI is InChI=1S/C26H17Cl3F3NO2/c1-2-13-3-4-15(9-20(13)31)23-24(26(23,28)29)25(35)33-17-7-8-19(27)18(12-17)22(34)10-14-5-6-16(30)11-21(14)32/h2-9,11-12,23-24H,1,10H2,(H,33,35). The van der Waals surface area contributed by atoms with Crippen molar-refractivity contribution in [3.63, 3.8) is 0 Å². The van der Waals surface area contributed by atoms with Crippen molar-refractivity contribution in [2.45, 2.75) is 16.7 Å². The summed E-state index contributed by atoms with van der Waals surface area (Å²) in [6.07, 6.45) is 1.02. The third-order valence-electron chi connectivity index (χ3n) is 5.84. The van der Waals surface area contributed by atoms with Crippen LogP contribution >= 0.6 is 34.8 Å². The molecule has 1 N–H and O–H groups in total. The number of hydrogen-bond donors (Lipinski definition) is 1. The minimum Gasteiger partial charge on any atom is -0.326 e. The van der Waals surface area contributed by atoms with Gasteiger partial charge in [-0.25, -0.2) is 13.2 Å². The summed E-state index contributed by atoms with van der Waals surface area (Å²) in [6.45, 7) is 3.53. The molecule has 0 heterocycles. The van der Waals surface area contributed by atoms with Crippen LogP contribution in [0.4, 0.5) is 18.9 Å². The molecular formula is C26H17Cl3F3NO2. The zero-order valence-electron chi connectivity index (χ0n) is 17.9. The Kier molecular flexibility index (Phi) is 7.00. The first-order chi connectivity index (χ1) is 16.5. The van der Waals surface area contributed by atoms with Crippen LogP contribution in [-0.2, 0) is 11.2 Å². The number of Topliss-reactive ketones (excluding diaryl/α,β-unsaturated/α-hetero) is 1. The highest BCUT2D eigenvalue weighted by Gasteiger charge is 2.67. The Bertz CT molecular complexity index is 1360. The Morgan fingerprint density at radius 3 is 2.40 bits per heavy atom. The van der Waals surface area contributed by atoms with E-state index >= 15 is 0 Å². The van der Waals surface area contributed by atoms with Gasteiger partial charge in [0.25, 0.3) is 0 Å². The van der Waals surface area contributed by atoms with Crippen molar-refractivity contribution in [2.75, 3.05) is 5.32 Å². The second kappa shape index (κ2) is 9.69. The topological polar surface area (TPSA) is 46.2 Å². The van der Waals surface area contributed by atoms with Gasteiger partial charge < -0.3 is 5.32 Å². The van der Waals surface area contributed by atoms with Gasteiger partial charge in [0.15, 0.2) is 5.78 Å². The molecule has 1 saturated carbocycles. The van der Waals surface area contributed by atoms with E-state index in [9.17, 15) is 22.8 Å². The minimum atomic E-state index is -1.45. The van der Waals surface area contributed by atoms with Gasteiger partial charge >= 0.3 is 0 Å². The number of ketones is 1. The molecule has 0 saturated heterocycles. The zero-order valence-corrected chi connectivity index (χ0v) is 20.2. The quantitative estimate of drug-likeness (QED) is 0.252. The van der Waals surface area contributed by atoms with E-state index in [1.165, 1.54) is 42.5 Å². The summed E-state index contributed by atoms with van der Waals surface area (Å²) in [5.74, 6) is -4.69. The molecule has 0 aromatic heterocycles. The van der Waals surface area contributed by atoms with Crippen LogP contribution in [0, 0.1) is 23.4 Å². The fourth-order valence-corrected chi connectivity index (χ4v) is 4.99. The Morgan fingerprint density at radius 1 is 1.00 bits per heavy atom. The molecule has 0 spiro atoms. The first-order valence-electron chi connectivity index (χ1n) is 10.4. The van der Waals surface area contributed by atoms with Crippen LogP contribution in [0.5, 0.6) is 0 Å². The lowest BCUT2D eigenvalue weighted by Crippen LogP contribution is -2.17. The van der Waals surface area contributed by atoms with Crippen molar-refractivity contribution in [2.24, 2.45) is 5.92 Å². The van der Waals surface area contributed by atoms with Crippen molar-refractivity contribution in [3.8, 4) is 0 Å². The van der Waals surface area contributed by atoms with Gasteiger partial charge in [-0.1, -0.05) is 42.5 Å². The molecule has 3 aromatic carbocycles. The molecule has 2 atom stereocenters. The number of halogens is 6. The number of hydrogen-bond acceptors (Lipinski definition) is 2. The lowest BCUT2D eigenvalue weighted by molar-refractivity contribution is -0.117. The molecule has 2 unspecified atom stereocenters. The monoisotopic (exact) mass is 537 g/mol. The molecule has 1 aliphatic rings. The van der Waals surface area contributed by atoms with Crippen LogP contribution in [0.25, 0.3) is 6.08 Å². The molecule has 0 bridgehead atoms. The molecule has 35 heavy (non-hydrogen) atoms. The highest BCUT2D eigenvalue weighted by molar-refractivity contribution is 6.53. The van der Waals surface area contributed by atoms with Crippen LogP contribution in [0.2, 0.25) is 5.02 Å². The molecule has 4 rings (SSSR count). The lowest BCUT2D eigenvalue weighted by atomic mass is 10.0. The average Bonchev–Trinajstić information content (AvgIpc) is 3.38. The molecule has 3 aromatic rings. The summed E-state index contributed by atoms with van der Waals surface area (Å²) in [5, 5.41) is 2.75. The Hall–Kier alpha value is -2.80. The number of amides is 1. The number of benzene rings is 3. The maximum atomic E-state index is 14.2. The van der Waals surface area contributed by atoms with Gasteiger partial charge in [0.1, 0.15) is 21.8 Å². The van der Waals surface area contributed by atoms with Crippen molar-refractivity contribution in [1.82, 2.24) is 0 Å². The van der Waals surface area contributed by atoms with Crippen LogP contribution < -0.4 is 5.32 Å². The molecule has 1 amide bonds. The lowest BCUT2D eigenvalue weighted by Gasteiger charge is -2.10. The number of carbonyl (C=O) groups is 2. The van der Waals surface area contributed by atoms with Crippen LogP contribution in [-0.4, -0.2) is 16.0 Å². The predicted molar refractivity (Wildman–Crippen MR) is 132 cm³/mol. The molecule has 0 radical (unpaired) electrons. The smallest absolute Gasteiger partial charge is 0.231 e. The van der Waals surface area contributed by atoms with Gasteiger partial charge in [-0.3, -0.25) is 9.59 Å². The first kappa shape index (κ1) is 25.3. The highest BCUT2D eigenvalue weighted by atomic mass is 35.5. The Morgan fingerprint density at radius 2 is 1.74 bits per heavy atom. The second-order valence-electron chi connectivity index (χ2n) is 8.13. The summed E-state index contributed by atoms with van der Waals surface area (Å²) < 4.78 is 39.8. The molecule has 9 heteroatoms. The van der Waals surface area contributed by atoms with Crippen molar-refractivity contribution < 1.29 is 22.8 Å². The number of rotatable bonds is 7. The molecule has 0 aliphatic heterocycles. The van der Waals surface area contributed by atoms with E-state index in [1.54, 1.807) is 6.07 Å². The van der Waals surface area contributed by atoms with Crippen LogP contribution in [0.1, 0.15) is 33.0 Å². The maximum absolute atomic E-state index is 14.2. The SMILES string of the molecule is C=Cc1ccc(C2C(C(=O)Nc3ccc(Cl)c(C(=O)Cc4ccc(F)cc4F)c3)C2(Cl)Cl)cc1F. The Balaban J connectivity index is 1.51. The summed E-state index contributed by atoms with van der Waals surface area (Å²) in [6, 6.07) is 11.6. The molecule has 1 fully saturated rings.